The minimum absolute atomic E-state index is 0.00748. The molecule has 5 nitrogen and oxygen atoms in total. The monoisotopic (exact) mass is 312 g/mol. The topological polar surface area (TPSA) is 59.6 Å². The second-order valence-electron chi connectivity index (χ2n) is 5.35. The summed E-state index contributed by atoms with van der Waals surface area (Å²) < 4.78 is 10.9. The van der Waals surface area contributed by atoms with Gasteiger partial charge in [-0.3, -0.25) is 4.79 Å². The summed E-state index contributed by atoms with van der Waals surface area (Å²) in [6, 6.07) is 15.3. The zero-order valence-electron chi connectivity index (χ0n) is 13.0. The summed E-state index contributed by atoms with van der Waals surface area (Å²) in [4.78, 5) is 12.2. The molecule has 0 bridgehead atoms. The first-order valence-corrected chi connectivity index (χ1v) is 7.66. The lowest BCUT2D eigenvalue weighted by molar-refractivity contribution is -0.120. The van der Waals surface area contributed by atoms with Crippen molar-refractivity contribution >= 4 is 11.6 Å². The summed E-state index contributed by atoms with van der Waals surface area (Å²) in [7, 11) is 1.61. The highest BCUT2D eigenvalue weighted by atomic mass is 16.5. The van der Waals surface area contributed by atoms with Gasteiger partial charge in [0.2, 0.25) is 5.91 Å². The molecule has 0 saturated heterocycles. The third-order valence-corrected chi connectivity index (χ3v) is 3.84. The first-order valence-electron chi connectivity index (χ1n) is 7.66. The van der Waals surface area contributed by atoms with Crippen LogP contribution < -0.4 is 20.1 Å². The van der Waals surface area contributed by atoms with Gasteiger partial charge in [-0.25, -0.2) is 0 Å². The Hall–Kier alpha value is -2.69. The predicted octanol–water partition coefficient (Wildman–Crippen LogP) is 2.75. The summed E-state index contributed by atoms with van der Waals surface area (Å²) in [5, 5.41) is 6.17. The van der Waals surface area contributed by atoms with Crippen LogP contribution in [0.25, 0.3) is 0 Å². The van der Waals surface area contributed by atoms with E-state index in [0.29, 0.717) is 6.61 Å². The van der Waals surface area contributed by atoms with Crippen LogP contribution >= 0.6 is 0 Å². The largest absolute Gasteiger partial charge is 0.495 e. The minimum atomic E-state index is -0.0578. The molecule has 3 rings (SSSR count). The third kappa shape index (κ3) is 3.56. The molecule has 1 amide bonds. The van der Waals surface area contributed by atoms with Crippen molar-refractivity contribution in [1.82, 2.24) is 5.32 Å². The predicted molar refractivity (Wildman–Crippen MR) is 88.9 cm³/mol. The van der Waals surface area contributed by atoms with E-state index < -0.39 is 0 Å². The first kappa shape index (κ1) is 15.2. The van der Waals surface area contributed by atoms with E-state index in [1.807, 2.05) is 48.5 Å². The average molecular weight is 312 g/mol. The molecule has 23 heavy (non-hydrogen) atoms. The van der Waals surface area contributed by atoms with Gasteiger partial charge in [-0.1, -0.05) is 30.3 Å². The van der Waals surface area contributed by atoms with Crippen molar-refractivity contribution in [3.05, 3.63) is 54.1 Å². The van der Waals surface area contributed by atoms with Gasteiger partial charge >= 0.3 is 0 Å². The fourth-order valence-corrected chi connectivity index (χ4v) is 2.70. The second-order valence-corrected chi connectivity index (χ2v) is 5.35. The lowest BCUT2D eigenvalue weighted by atomic mass is 10.0. The number of benzene rings is 2. The van der Waals surface area contributed by atoms with Gasteiger partial charge in [0.1, 0.15) is 11.5 Å². The number of amides is 1. The number of carbonyl (C=O) groups is 1. The summed E-state index contributed by atoms with van der Waals surface area (Å²) in [5.74, 6) is 1.51. The van der Waals surface area contributed by atoms with Gasteiger partial charge < -0.3 is 20.1 Å². The van der Waals surface area contributed by atoms with Crippen LogP contribution in [0.5, 0.6) is 11.5 Å². The van der Waals surface area contributed by atoms with Gasteiger partial charge in [-0.05, 0) is 18.2 Å². The number of ether oxygens (including phenoxy) is 2. The van der Waals surface area contributed by atoms with Gasteiger partial charge in [0.25, 0.3) is 0 Å². The number of para-hydroxylation sites is 3. The van der Waals surface area contributed by atoms with Crippen molar-refractivity contribution < 1.29 is 14.3 Å². The number of fused-ring (bicyclic) bond motifs is 1. The van der Waals surface area contributed by atoms with Crippen LogP contribution in [0.15, 0.2) is 48.5 Å². The number of anilines is 1. The summed E-state index contributed by atoms with van der Waals surface area (Å²) in [6.45, 7) is 0.807. The standard InChI is InChI=1S/C18H20N2O3/c1-22-17-9-5-3-7-15(17)19-12-18(21)20-14-10-11-23-16-8-4-2-6-13(14)16/h2-9,14,19H,10-12H2,1H3,(H,20,21). The van der Waals surface area contributed by atoms with E-state index in [1.54, 1.807) is 7.11 Å². The van der Waals surface area contributed by atoms with Gasteiger partial charge in [0, 0.05) is 12.0 Å². The molecule has 5 heteroatoms. The fraction of sp³-hybridized carbons (Fsp3) is 0.278. The molecule has 0 aromatic heterocycles. The maximum atomic E-state index is 12.2. The smallest absolute Gasteiger partial charge is 0.239 e. The molecular formula is C18H20N2O3. The van der Waals surface area contributed by atoms with Crippen LogP contribution in [0.3, 0.4) is 0 Å². The SMILES string of the molecule is COc1ccccc1NCC(=O)NC1CCOc2ccccc21. The average Bonchev–Trinajstić information content (AvgIpc) is 2.60. The molecular weight excluding hydrogens is 292 g/mol. The van der Waals surface area contributed by atoms with Gasteiger partial charge in [-0.15, -0.1) is 0 Å². The second kappa shape index (κ2) is 7.05. The van der Waals surface area contributed by atoms with E-state index >= 15 is 0 Å². The van der Waals surface area contributed by atoms with Gasteiger partial charge in [0.15, 0.2) is 0 Å². The maximum Gasteiger partial charge on any atom is 0.239 e. The lowest BCUT2D eigenvalue weighted by Gasteiger charge is -2.26. The Labute approximate surface area is 135 Å². The zero-order valence-corrected chi connectivity index (χ0v) is 13.0. The number of hydrogen-bond acceptors (Lipinski definition) is 4. The van der Waals surface area contributed by atoms with E-state index in [0.717, 1.165) is 29.2 Å². The Balaban J connectivity index is 1.60. The fourth-order valence-electron chi connectivity index (χ4n) is 2.70. The number of methoxy groups -OCH3 is 1. The van der Waals surface area contributed by atoms with Gasteiger partial charge in [0.05, 0.1) is 32.0 Å². The Morgan fingerprint density at radius 1 is 1.22 bits per heavy atom. The van der Waals surface area contributed by atoms with Crippen LogP contribution in [0.2, 0.25) is 0 Å². The molecule has 0 spiro atoms. The van der Waals surface area contributed by atoms with Crippen LogP contribution in [-0.2, 0) is 4.79 Å². The van der Waals surface area contributed by atoms with Gasteiger partial charge in [-0.2, -0.15) is 0 Å². The van der Waals surface area contributed by atoms with Crippen molar-refractivity contribution in [2.45, 2.75) is 12.5 Å². The highest BCUT2D eigenvalue weighted by Crippen LogP contribution is 2.31. The molecule has 0 aliphatic carbocycles. The number of hydrogen-bond donors (Lipinski definition) is 2. The molecule has 2 aromatic rings. The molecule has 1 aliphatic heterocycles. The first-order chi connectivity index (χ1) is 11.3. The normalized spacial score (nSPS) is 16.0. The van der Waals surface area contributed by atoms with Crippen LogP contribution in [0, 0.1) is 0 Å². The Morgan fingerprint density at radius 3 is 2.87 bits per heavy atom. The molecule has 1 aliphatic rings. The Kier molecular flexibility index (Phi) is 4.66. The quantitative estimate of drug-likeness (QED) is 0.891. The van der Waals surface area contributed by atoms with Crippen LogP contribution in [-0.4, -0.2) is 26.2 Å². The maximum absolute atomic E-state index is 12.2. The van der Waals surface area contributed by atoms with Crippen molar-refractivity contribution in [2.24, 2.45) is 0 Å². The third-order valence-electron chi connectivity index (χ3n) is 3.84. The zero-order chi connectivity index (χ0) is 16.1. The van der Waals surface area contributed by atoms with E-state index in [1.165, 1.54) is 0 Å². The molecule has 2 aromatic carbocycles. The Bertz CT molecular complexity index is 687. The molecule has 1 atom stereocenters. The van der Waals surface area contributed by atoms with E-state index in [9.17, 15) is 4.79 Å². The molecule has 1 heterocycles. The molecule has 1 unspecified atom stereocenters. The van der Waals surface area contributed by atoms with Crippen molar-refractivity contribution in [3.63, 3.8) is 0 Å². The molecule has 0 radical (unpaired) electrons. The summed E-state index contributed by atoms with van der Waals surface area (Å²) in [5.41, 5.74) is 1.84. The Morgan fingerprint density at radius 2 is 2.00 bits per heavy atom. The molecule has 120 valence electrons. The minimum Gasteiger partial charge on any atom is -0.495 e. The highest BCUT2D eigenvalue weighted by molar-refractivity contribution is 5.81. The number of rotatable bonds is 5. The van der Waals surface area contributed by atoms with Crippen LogP contribution in [0.4, 0.5) is 5.69 Å². The van der Waals surface area contributed by atoms with E-state index in [4.69, 9.17) is 9.47 Å². The lowest BCUT2D eigenvalue weighted by Crippen LogP contribution is -2.35. The number of nitrogens with one attached hydrogen (secondary N) is 2. The van der Waals surface area contributed by atoms with E-state index in [-0.39, 0.29) is 18.5 Å². The molecule has 0 saturated carbocycles. The number of carbonyl (C=O) groups excluding carboxylic acids is 1. The highest BCUT2D eigenvalue weighted by Gasteiger charge is 2.22. The van der Waals surface area contributed by atoms with Crippen molar-refractivity contribution in [3.8, 4) is 11.5 Å². The van der Waals surface area contributed by atoms with Crippen molar-refractivity contribution in [1.29, 1.82) is 0 Å². The molecule has 2 N–H and O–H groups in total. The summed E-state index contributed by atoms with van der Waals surface area (Å²) in [6.07, 6.45) is 0.775. The summed E-state index contributed by atoms with van der Waals surface area (Å²) >= 11 is 0. The van der Waals surface area contributed by atoms with Crippen LogP contribution in [0.1, 0.15) is 18.0 Å². The van der Waals surface area contributed by atoms with Crippen molar-refractivity contribution in [2.75, 3.05) is 25.6 Å². The molecule has 0 fully saturated rings. The van der Waals surface area contributed by atoms with E-state index in [2.05, 4.69) is 10.6 Å².